The smallest absolute Gasteiger partial charge is 0.273 e. The third-order valence-corrected chi connectivity index (χ3v) is 5.74. The van der Waals surface area contributed by atoms with Gasteiger partial charge >= 0.3 is 0 Å². The summed E-state index contributed by atoms with van der Waals surface area (Å²) in [5, 5.41) is 0. The third kappa shape index (κ3) is 3.36. The molecule has 0 bridgehead atoms. The fourth-order valence-electron chi connectivity index (χ4n) is 4.07. The van der Waals surface area contributed by atoms with Crippen molar-refractivity contribution in [2.75, 3.05) is 7.05 Å². The SMILES string of the molecule is Cc1ccc(-c2nc3ccc(C)cn3c2C(=O)N(C)C2CCCCC2)cc1. The summed E-state index contributed by atoms with van der Waals surface area (Å²) in [6.07, 6.45) is 7.90. The average molecular weight is 361 g/mol. The summed E-state index contributed by atoms with van der Waals surface area (Å²) in [5.74, 6) is 0.0653. The lowest BCUT2D eigenvalue weighted by Crippen LogP contribution is -2.39. The molecule has 1 aliphatic rings. The van der Waals surface area contributed by atoms with Crippen molar-refractivity contribution in [2.45, 2.75) is 52.0 Å². The summed E-state index contributed by atoms with van der Waals surface area (Å²) < 4.78 is 1.96. The van der Waals surface area contributed by atoms with Crippen molar-refractivity contribution < 1.29 is 4.79 Å². The van der Waals surface area contributed by atoms with Crippen molar-refractivity contribution >= 4 is 11.6 Å². The molecule has 1 aliphatic carbocycles. The van der Waals surface area contributed by atoms with Crippen LogP contribution in [0, 0.1) is 13.8 Å². The highest BCUT2D eigenvalue weighted by molar-refractivity contribution is 5.99. The van der Waals surface area contributed by atoms with Crippen LogP contribution in [0.2, 0.25) is 0 Å². The van der Waals surface area contributed by atoms with Crippen molar-refractivity contribution in [3.63, 3.8) is 0 Å². The van der Waals surface area contributed by atoms with Crippen LogP contribution in [0.25, 0.3) is 16.9 Å². The first-order valence-corrected chi connectivity index (χ1v) is 9.87. The molecule has 3 aromatic rings. The van der Waals surface area contributed by atoms with Gasteiger partial charge < -0.3 is 4.90 Å². The number of fused-ring (bicyclic) bond motifs is 1. The molecule has 1 saturated carbocycles. The van der Waals surface area contributed by atoms with Gasteiger partial charge in [-0.1, -0.05) is 55.2 Å². The lowest BCUT2D eigenvalue weighted by molar-refractivity contribution is 0.0690. The fourth-order valence-corrected chi connectivity index (χ4v) is 4.07. The maximum Gasteiger partial charge on any atom is 0.273 e. The normalized spacial score (nSPS) is 15.2. The molecular weight excluding hydrogens is 334 g/mol. The van der Waals surface area contributed by atoms with Gasteiger partial charge in [-0.15, -0.1) is 0 Å². The number of imidazole rings is 1. The molecule has 0 saturated heterocycles. The predicted molar refractivity (Wildman–Crippen MR) is 109 cm³/mol. The van der Waals surface area contributed by atoms with Crippen molar-refractivity contribution in [2.24, 2.45) is 0 Å². The van der Waals surface area contributed by atoms with E-state index in [4.69, 9.17) is 4.98 Å². The molecule has 0 unspecified atom stereocenters. The minimum absolute atomic E-state index is 0.0653. The number of carbonyl (C=O) groups is 1. The predicted octanol–water partition coefficient (Wildman–Crippen LogP) is 5.02. The zero-order valence-electron chi connectivity index (χ0n) is 16.4. The summed E-state index contributed by atoms with van der Waals surface area (Å²) >= 11 is 0. The van der Waals surface area contributed by atoms with E-state index in [9.17, 15) is 4.79 Å². The number of carbonyl (C=O) groups excluding carboxylic acids is 1. The van der Waals surface area contributed by atoms with Crippen LogP contribution in [0.5, 0.6) is 0 Å². The Kier molecular flexibility index (Phi) is 4.73. The molecule has 2 aromatic heterocycles. The zero-order chi connectivity index (χ0) is 19.0. The van der Waals surface area contributed by atoms with E-state index in [0.29, 0.717) is 11.7 Å². The molecule has 0 spiro atoms. The molecule has 0 radical (unpaired) electrons. The van der Waals surface area contributed by atoms with E-state index < -0.39 is 0 Å². The summed E-state index contributed by atoms with van der Waals surface area (Å²) in [6.45, 7) is 4.11. The van der Waals surface area contributed by atoms with Crippen molar-refractivity contribution in [3.8, 4) is 11.3 Å². The Balaban J connectivity index is 1.83. The standard InChI is InChI=1S/C23H27N3O/c1-16-9-12-18(13-10-16)21-22(26-15-17(2)11-14-20(26)24-21)23(27)25(3)19-7-5-4-6-8-19/h9-15,19H,4-8H2,1-3H3. The number of amides is 1. The molecule has 4 rings (SSSR count). The minimum Gasteiger partial charge on any atom is -0.337 e. The van der Waals surface area contributed by atoms with Gasteiger partial charge in [-0.25, -0.2) is 4.98 Å². The van der Waals surface area contributed by atoms with E-state index in [1.54, 1.807) is 0 Å². The molecule has 27 heavy (non-hydrogen) atoms. The highest BCUT2D eigenvalue weighted by Crippen LogP contribution is 2.29. The van der Waals surface area contributed by atoms with E-state index in [0.717, 1.165) is 35.3 Å². The minimum atomic E-state index is 0.0653. The molecule has 4 heteroatoms. The Morgan fingerprint density at radius 3 is 2.37 bits per heavy atom. The van der Waals surface area contributed by atoms with Gasteiger partial charge in [-0.2, -0.15) is 0 Å². The fraction of sp³-hybridized carbons (Fsp3) is 0.391. The highest BCUT2D eigenvalue weighted by Gasteiger charge is 2.28. The Morgan fingerprint density at radius 1 is 1.00 bits per heavy atom. The van der Waals surface area contributed by atoms with Gasteiger partial charge in [0.15, 0.2) is 0 Å². The third-order valence-electron chi connectivity index (χ3n) is 5.74. The Morgan fingerprint density at radius 2 is 1.67 bits per heavy atom. The first-order chi connectivity index (χ1) is 13.0. The highest BCUT2D eigenvalue weighted by atomic mass is 16.2. The van der Waals surface area contributed by atoms with Crippen LogP contribution in [-0.2, 0) is 0 Å². The summed E-state index contributed by atoms with van der Waals surface area (Å²) in [6, 6.07) is 12.6. The molecule has 1 aromatic carbocycles. The zero-order valence-corrected chi connectivity index (χ0v) is 16.4. The monoisotopic (exact) mass is 361 g/mol. The van der Waals surface area contributed by atoms with E-state index in [2.05, 4.69) is 31.2 Å². The Bertz CT molecular complexity index is 965. The Hall–Kier alpha value is -2.62. The maximum atomic E-state index is 13.6. The molecule has 1 fully saturated rings. The van der Waals surface area contributed by atoms with Crippen LogP contribution >= 0.6 is 0 Å². The number of rotatable bonds is 3. The number of hydrogen-bond donors (Lipinski definition) is 0. The summed E-state index contributed by atoms with van der Waals surface area (Å²) in [5.41, 5.74) is 5.56. The van der Waals surface area contributed by atoms with E-state index >= 15 is 0 Å². The number of hydrogen-bond acceptors (Lipinski definition) is 2. The van der Waals surface area contributed by atoms with Crippen molar-refractivity contribution in [3.05, 3.63) is 59.4 Å². The quantitative estimate of drug-likeness (QED) is 0.657. The van der Waals surface area contributed by atoms with Crippen LogP contribution in [0.4, 0.5) is 0 Å². The van der Waals surface area contributed by atoms with E-state index in [1.807, 2.05) is 41.6 Å². The molecular formula is C23H27N3O. The number of aromatic nitrogens is 2. The van der Waals surface area contributed by atoms with Crippen LogP contribution < -0.4 is 0 Å². The molecule has 0 aliphatic heterocycles. The van der Waals surface area contributed by atoms with Crippen molar-refractivity contribution in [1.29, 1.82) is 0 Å². The average Bonchev–Trinajstić information content (AvgIpc) is 3.06. The van der Waals surface area contributed by atoms with Crippen LogP contribution in [-0.4, -0.2) is 33.3 Å². The van der Waals surface area contributed by atoms with Crippen LogP contribution in [0.1, 0.15) is 53.7 Å². The Labute approximate surface area is 160 Å². The number of pyridine rings is 1. The van der Waals surface area contributed by atoms with Gasteiger partial charge in [0.2, 0.25) is 0 Å². The second kappa shape index (κ2) is 7.18. The maximum absolute atomic E-state index is 13.6. The second-order valence-electron chi connectivity index (χ2n) is 7.82. The largest absolute Gasteiger partial charge is 0.337 e. The van der Waals surface area contributed by atoms with Crippen LogP contribution in [0.3, 0.4) is 0 Å². The summed E-state index contributed by atoms with van der Waals surface area (Å²) in [4.78, 5) is 20.3. The molecule has 140 valence electrons. The van der Waals surface area contributed by atoms with Crippen LogP contribution in [0.15, 0.2) is 42.6 Å². The molecule has 0 atom stereocenters. The van der Waals surface area contributed by atoms with Gasteiger partial charge in [-0.05, 0) is 38.3 Å². The number of nitrogens with zero attached hydrogens (tertiary/aromatic N) is 3. The number of aryl methyl sites for hydroxylation is 2. The van der Waals surface area contributed by atoms with Gasteiger partial charge in [0, 0.05) is 24.8 Å². The lowest BCUT2D eigenvalue weighted by atomic mass is 9.94. The number of benzene rings is 1. The van der Waals surface area contributed by atoms with E-state index in [1.165, 1.54) is 24.8 Å². The lowest BCUT2D eigenvalue weighted by Gasteiger charge is -2.31. The van der Waals surface area contributed by atoms with E-state index in [-0.39, 0.29) is 5.91 Å². The molecule has 0 N–H and O–H groups in total. The van der Waals surface area contributed by atoms with Gasteiger partial charge in [0.1, 0.15) is 17.0 Å². The van der Waals surface area contributed by atoms with Gasteiger partial charge in [0.25, 0.3) is 5.91 Å². The van der Waals surface area contributed by atoms with Gasteiger partial charge in [-0.3, -0.25) is 9.20 Å². The molecule has 4 nitrogen and oxygen atoms in total. The molecule has 1 amide bonds. The topological polar surface area (TPSA) is 37.6 Å². The van der Waals surface area contributed by atoms with Gasteiger partial charge in [0.05, 0.1) is 0 Å². The van der Waals surface area contributed by atoms with Crippen molar-refractivity contribution in [1.82, 2.24) is 14.3 Å². The second-order valence-corrected chi connectivity index (χ2v) is 7.82. The first kappa shape index (κ1) is 17.8. The first-order valence-electron chi connectivity index (χ1n) is 9.87. The summed E-state index contributed by atoms with van der Waals surface area (Å²) in [7, 11) is 1.95. The molecule has 2 heterocycles.